The Bertz CT molecular complexity index is 1440. The SMILES string of the molecule is Cc1cccc2c(CC(C)C)c3c(c(C)c12)-c1c2c(cc(C4CCCCC4)cc2cc[n+]1C)O3. The van der Waals surface area contributed by atoms with Gasteiger partial charge in [-0.05, 0) is 83.9 Å². The molecule has 0 bridgehead atoms. The zero-order chi connectivity index (χ0) is 23.6. The molecule has 2 heterocycles. The van der Waals surface area contributed by atoms with Gasteiger partial charge >= 0.3 is 0 Å². The molecule has 1 fully saturated rings. The lowest BCUT2D eigenvalue weighted by molar-refractivity contribution is -0.659. The molecule has 1 aromatic heterocycles. The highest BCUT2D eigenvalue weighted by atomic mass is 16.5. The van der Waals surface area contributed by atoms with Crippen molar-refractivity contribution in [2.75, 3.05) is 0 Å². The summed E-state index contributed by atoms with van der Waals surface area (Å²) in [6, 6.07) is 13.8. The highest BCUT2D eigenvalue weighted by molar-refractivity contribution is 6.07. The number of aromatic nitrogens is 1. The van der Waals surface area contributed by atoms with E-state index in [1.54, 1.807) is 0 Å². The van der Waals surface area contributed by atoms with Gasteiger partial charge in [-0.3, -0.25) is 0 Å². The first-order chi connectivity index (χ1) is 16.4. The zero-order valence-electron chi connectivity index (χ0n) is 21.3. The van der Waals surface area contributed by atoms with Gasteiger partial charge in [0.05, 0.1) is 10.9 Å². The first-order valence-electron chi connectivity index (χ1n) is 13.1. The van der Waals surface area contributed by atoms with Crippen molar-refractivity contribution in [3.05, 3.63) is 64.8 Å². The maximum atomic E-state index is 6.98. The van der Waals surface area contributed by atoms with Gasteiger partial charge in [0.2, 0.25) is 5.69 Å². The average molecular weight is 451 g/mol. The summed E-state index contributed by atoms with van der Waals surface area (Å²) >= 11 is 0. The largest absolute Gasteiger partial charge is 0.455 e. The predicted molar refractivity (Wildman–Crippen MR) is 142 cm³/mol. The van der Waals surface area contributed by atoms with E-state index < -0.39 is 0 Å². The van der Waals surface area contributed by atoms with E-state index in [1.165, 1.54) is 87.2 Å². The molecule has 174 valence electrons. The van der Waals surface area contributed by atoms with Crippen molar-refractivity contribution in [3.8, 4) is 22.8 Å². The van der Waals surface area contributed by atoms with Gasteiger partial charge in [0.1, 0.15) is 18.5 Å². The van der Waals surface area contributed by atoms with E-state index in [-0.39, 0.29) is 0 Å². The van der Waals surface area contributed by atoms with Crippen LogP contribution in [0.15, 0.2) is 42.6 Å². The fourth-order valence-electron chi connectivity index (χ4n) is 6.64. The second-order valence-electron chi connectivity index (χ2n) is 11.1. The van der Waals surface area contributed by atoms with Crippen molar-refractivity contribution in [2.24, 2.45) is 13.0 Å². The average Bonchev–Trinajstić information content (AvgIpc) is 2.83. The molecule has 2 heteroatoms. The molecule has 4 aromatic rings. The minimum atomic E-state index is 0.554. The molecule has 1 aliphatic carbocycles. The first kappa shape index (κ1) is 21.6. The normalized spacial score (nSPS) is 15.7. The number of fused-ring (bicyclic) bond motifs is 3. The smallest absolute Gasteiger partial charge is 0.228 e. The summed E-state index contributed by atoms with van der Waals surface area (Å²) in [7, 11) is 2.19. The standard InChI is InChI=1S/C32H36NO/c1-19(2)16-26-25-13-9-10-20(3)28(25)21(4)29-31-30-23(14-15-33(31)5)17-24(18-27(30)34-32(26)29)22-11-7-6-8-12-22/h9-10,13-15,17-19,22H,6-8,11-12,16H2,1-5H3/q+1. The first-order valence-corrected chi connectivity index (χ1v) is 13.1. The van der Waals surface area contributed by atoms with Crippen LogP contribution in [0.4, 0.5) is 0 Å². The third-order valence-electron chi connectivity index (χ3n) is 8.21. The van der Waals surface area contributed by atoms with Crippen LogP contribution < -0.4 is 9.30 Å². The summed E-state index contributed by atoms with van der Waals surface area (Å²) in [5, 5.41) is 5.32. The van der Waals surface area contributed by atoms with Gasteiger partial charge < -0.3 is 4.74 Å². The molecule has 1 aliphatic heterocycles. The highest BCUT2D eigenvalue weighted by Gasteiger charge is 2.34. The molecule has 6 rings (SSSR count). The highest BCUT2D eigenvalue weighted by Crippen LogP contribution is 2.52. The van der Waals surface area contributed by atoms with Crippen LogP contribution in [-0.2, 0) is 13.5 Å². The summed E-state index contributed by atoms with van der Waals surface area (Å²) in [5.41, 5.74) is 8.08. The van der Waals surface area contributed by atoms with Gasteiger partial charge in [0.25, 0.3) is 0 Å². The lowest BCUT2D eigenvalue weighted by atomic mass is 9.82. The molecule has 0 amide bonds. The minimum absolute atomic E-state index is 0.554. The number of rotatable bonds is 3. The molecule has 0 saturated heterocycles. The van der Waals surface area contributed by atoms with Gasteiger partial charge in [0, 0.05) is 11.6 Å². The van der Waals surface area contributed by atoms with Crippen molar-refractivity contribution in [2.45, 2.75) is 72.1 Å². The van der Waals surface area contributed by atoms with Crippen molar-refractivity contribution >= 4 is 21.5 Å². The maximum absolute atomic E-state index is 6.98. The third-order valence-corrected chi connectivity index (χ3v) is 8.21. The molecule has 2 aliphatic rings. The van der Waals surface area contributed by atoms with Gasteiger partial charge in [-0.25, -0.2) is 4.57 Å². The van der Waals surface area contributed by atoms with E-state index in [0.717, 1.165) is 17.9 Å². The summed E-state index contributed by atoms with van der Waals surface area (Å²) < 4.78 is 9.29. The molecule has 0 N–H and O–H groups in total. The van der Waals surface area contributed by atoms with Crippen LogP contribution in [0.5, 0.6) is 11.5 Å². The van der Waals surface area contributed by atoms with E-state index in [1.807, 2.05) is 0 Å². The molecule has 3 aromatic carbocycles. The Hall–Kier alpha value is -2.87. The fraction of sp³-hybridized carbons (Fsp3) is 0.406. The minimum Gasteiger partial charge on any atom is -0.455 e. The molecular formula is C32H36NO+. The van der Waals surface area contributed by atoms with Gasteiger partial charge in [0.15, 0.2) is 6.20 Å². The maximum Gasteiger partial charge on any atom is 0.228 e. The van der Waals surface area contributed by atoms with Gasteiger partial charge in [-0.2, -0.15) is 0 Å². The molecule has 34 heavy (non-hydrogen) atoms. The molecular weight excluding hydrogens is 414 g/mol. The Labute approximate surface area is 203 Å². The number of ether oxygens (including phenoxy) is 1. The lowest BCUT2D eigenvalue weighted by Crippen LogP contribution is -2.32. The van der Waals surface area contributed by atoms with Gasteiger partial charge in [-0.15, -0.1) is 0 Å². The fourth-order valence-corrected chi connectivity index (χ4v) is 6.64. The Morgan fingerprint density at radius 2 is 1.79 bits per heavy atom. The summed E-state index contributed by atoms with van der Waals surface area (Å²) in [4.78, 5) is 0. The van der Waals surface area contributed by atoms with E-state index >= 15 is 0 Å². The van der Waals surface area contributed by atoms with Crippen LogP contribution in [0, 0.1) is 19.8 Å². The molecule has 0 unspecified atom stereocenters. The number of hydrogen-bond acceptors (Lipinski definition) is 1. The van der Waals surface area contributed by atoms with Crippen molar-refractivity contribution < 1.29 is 9.30 Å². The lowest BCUT2D eigenvalue weighted by Gasteiger charge is -2.28. The second-order valence-corrected chi connectivity index (χ2v) is 11.1. The summed E-state index contributed by atoms with van der Waals surface area (Å²) in [6.45, 7) is 9.16. The molecule has 0 atom stereocenters. The quantitative estimate of drug-likeness (QED) is 0.251. The topological polar surface area (TPSA) is 13.1 Å². The number of pyridine rings is 1. The van der Waals surface area contributed by atoms with Gasteiger partial charge in [-0.1, -0.05) is 57.4 Å². The second kappa shape index (κ2) is 8.12. The van der Waals surface area contributed by atoms with E-state index in [2.05, 4.69) is 81.9 Å². The van der Waals surface area contributed by atoms with E-state index in [9.17, 15) is 0 Å². The van der Waals surface area contributed by atoms with Crippen LogP contribution in [0.1, 0.15) is 74.1 Å². The van der Waals surface area contributed by atoms with Crippen LogP contribution in [-0.4, -0.2) is 0 Å². The Morgan fingerprint density at radius 3 is 2.56 bits per heavy atom. The molecule has 0 spiro atoms. The monoisotopic (exact) mass is 450 g/mol. The third kappa shape index (κ3) is 3.26. The van der Waals surface area contributed by atoms with E-state index in [0.29, 0.717) is 11.8 Å². The zero-order valence-corrected chi connectivity index (χ0v) is 21.3. The van der Waals surface area contributed by atoms with Crippen LogP contribution in [0.3, 0.4) is 0 Å². The van der Waals surface area contributed by atoms with E-state index in [4.69, 9.17) is 4.74 Å². The molecule has 1 saturated carbocycles. The number of benzene rings is 3. The van der Waals surface area contributed by atoms with Crippen LogP contribution >= 0.6 is 0 Å². The Morgan fingerprint density at radius 1 is 1.00 bits per heavy atom. The number of nitrogens with zero attached hydrogens (tertiary/aromatic N) is 1. The predicted octanol–water partition coefficient (Wildman–Crippen LogP) is 8.45. The Kier molecular flexibility index (Phi) is 5.17. The Balaban J connectivity index is 1.69. The summed E-state index contributed by atoms with van der Waals surface area (Å²) in [6.07, 6.45) is 9.93. The van der Waals surface area contributed by atoms with Crippen molar-refractivity contribution in [3.63, 3.8) is 0 Å². The van der Waals surface area contributed by atoms with Crippen molar-refractivity contribution in [1.82, 2.24) is 0 Å². The van der Waals surface area contributed by atoms with Crippen molar-refractivity contribution in [1.29, 1.82) is 0 Å². The van der Waals surface area contributed by atoms with Crippen LogP contribution in [0.2, 0.25) is 0 Å². The molecule has 0 radical (unpaired) electrons. The molecule has 2 nitrogen and oxygen atoms in total. The number of aryl methyl sites for hydroxylation is 3. The van der Waals surface area contributed by atoms with Crippen LogP contribution in [0.25, 0.3) is 32.8 Å². The number of hydrogen-bond donors (Lipinski definition) is 0. The summed E-state index contributed by atoms with van der Waals surface area (Å²) in [5.74, 6) is 3.35.